The van der Waals surface area contributed by atoms with E-state index in [0.29, 0.717) is 31.0 Å². The zero-order valence-electron chi connectivity index (χ0n) is 13.5. The molecule has 128 valence electrons. The second-order valence-corrected chi connectivity index (χ2v) is 8.72. The first-order valence-corrected chi connectivity index (χ1v) is 10.1. The van der Waals surface area contributed by atoms with Crippen molar-refractivity contribution in [2.75, 3.05) is 19.7 Å². The lowest BCUT2D eigenvalue weighted by Crippen LogP contribution is -2.34. The van der Waals surface area contributed by atoms with E-state index in [1.165, 1.54) is 0 Å². The molecule has 0 bridgehead atoms. The van der Waals surface area contributed by atoms with E-state index in [0.717, 1.165) is 15.6 Å². The molecule has 1 saturated heterocycles. The maximum absolute atomic E-state index is 13.1. The van der Waals surface area contributed by atoms with Gasteiger partial charge < -0.3 is 4.74 Å². The summed E-state index contributed by atoms with van der Waals surface area (Å²) in [6, 6.07) is 15.1. The fourth-order valence-electron chi connectivity index (χ4n) is 2.87. The van der Waals surface area contributed by atoms with E-state index in [2.05, 4.69) is 15.9 Å². The topological polar surface area (TPSA) is 46.6 Å². The summed E-state index contributed by atoms with van der Waals surface area (Å²) in [5.74, 6) is 0. The number of aryl methyl sites for hydroxylation is 1. The molecule has 0 spiro atoms. The van der Waals surface area contributed by atoms with Gasteiger partial charge >= 0.3 is 0 Å². The van der Waals surface area contributed by atoms with Gasteiger partial charge in [0.05, 0.1) is 11.0 Å². The lowest BCUT2D eigenvalue weighted by atomic mass is 10.1. The summed E-state index contributed by atoms with van der Waals surface area (Å²) in [5.41, 5.74) is 1.75. The molecule has 1 aliphatic heterocycles. The molecule has 1 aliphatic rings. The minimum atomic E-state index is -3.56. The molecule has 4 nitrogen and oxygen atoms in total. The number of ether oxygens (including phenoxy) is 1. The van der Waals surface area contributed by atoms with Crippen LogP contribution < -0.4 is 0 Å². The Morgan fingerprint density at radius 2 is 1.92 bits per heavy atom. The molecule has 24 heavy (non-hydrogen) atoms. The molecule has 1 fully saturated rings. The van der Waals surface area contributed by atoms with Crippen LogP contribution in [0, 0.1) is 6.92 Å². The highest BCUT2D eigenvalue weighted by Crippen LogP contribution is 2.28. The molecule has 0 saturated carbocycles. The van der Waals surface area contributed by atoms with Gasteiger partial charge in [0.25, 0.3) is 0 Å². The average Bonchev–Trinajstić information content (AvgIpc) is 2.84. The van der Waals surface area contributed by atoms with Gasteiger partial charge in [-0.2, -0.15) is 4.31 Å². The molecule has 0 aromatic heterocycles. The summed E-state index contributed by atoms with van der Waals surface area (Å²) in [6.45, 7) is 3.18. The molecule has 1 unspecified atom stereocenters. The summed E-state index contributed by atoms with van der Waals surface area (Å²) < 4.78 is 34.5. The molecule has 0 aliphatic carbocycles. The highest BCUT2D eigenvalue weighted by Gasteiger charge is 2.31. The van der Waals surface area contributed by atoms with Crippen LogP contribution in [0.15, 0.2) is 57.9 Å². The van der Waals surface area contributed by atoms with Crippen molar-refractivity contribution in [3.8, 4) is 0 Å². The largest absolute Gasteiger partial charge is 0.372 e. The van der Waals surface area contributed by atoms with Gasteiger partial charge in [0.15, 0.2) is 0 Å². The Bertz CT molecular complexity index is 808. The van der Waals surface area contributed by atoms with E-state index in [-0.39, 0.29) is 6.10 Å². The maximum Gasteiger partial charge on any atom is 0.243 e. The van der Waals surface area contributed by atoms with Crippen molar-refractivity contribution in [1.29, 1.82) is 0 Å². The minimum absolute atomic E-state index is 0.240. The quantitative estimate of drug-likeness (QED) is 0.771. The monoisotopic (exact) mass is 409 g/mol. The number of nitrogens with zero attached hydrogens (tertiary/aromatic N) is 1. The van der Waals surface area contributed by atoms with Gasteiger partial charge in [-0.15, -0.1) is 0 Å². The van der Waals surface area contributed by atoms with Gasteiger partial charge in [0, 0.05) is 24.2 Å². The molecule has 3 rings (SSSR count). The van der Waals surface area contributed by atoms with E-state index >= 15 is 0 Å². The Labute approximate surface area is 151 Å². The molecule has 1 atom stereocenters. The zero-order chi connectivity index (χ0) is 17.2. The standard InChI is InChI=1S/C18H20BrNO3S/c1-14-8-9-16(19)12-18(14)24(21,22)20-10-5-11-23-17(13-20)15-6-3-2-4-7-15/h2-4,6-9,12,17H,5,10-11,13H2,1H3. The molecule has 2 aromatic carbocycles. The first kappa shape index (κ1) is 17.6. The normalized spacial score (nSPS) is 19.8. The highest BCUT2D eigenvalue weighted by molar-refractivity contribution is 9.10. The molecular formula is C18H20BrNO3S. The molecule has 1 heterocycles. The minimum Gasteiger partial charge on any atom is -0.372 e. The van der Waals surface area contributed by atoms with E-state index in [1.54, 1.807) is 10.4 Å². The summed E-state index contributed by atoms with van der Waals surface area (Å²) in [7, 11) is -3.56. The second-order valence-electron chi connectivity index (χ2n) is 5.90. The Kier molecular flexibility index (Phi) is 5.39. The summed E-state index contributed by atoms with van der Waals surface area (Å²) in [5, 5.41) is 0. The molecule has 0 radical (unpaired) electrons. The van der Waals surface area contributed by atoms with Crippen molar-refractivity contribution in [2.45, 2.75) is 24.3 Å². The van der Waals surface area contributed by atoms with Crippen molar-refractivity contribution >= 4 is 26.0 Å². The fourth-order valence-corrected chi connectivity index (χ4v) is 5.12. The van der Waals surface area contributed by atoms with E-state index in [4.69, 9.17) is 4.74 Å². The van der Waals surface area contributed by atoms with Crippen LogP contribution >= 0.6 is 15.9 Å². The van der Waals surface area contributed by atoms with E-state index in [1.807, 2.05) is 49.4 Å². The lowest BCUT2D eigenvalue weighted by Gasteiger charge is -2.24. The van der Waals surface area contributed by atoms with E-state index < -0.39 is 10.0 Å². The third-order valence-electron chi connectivity index (χ3n) is 4.18. The average molecular weight is 410 g/mol. The summed E-state index contributed by atoms with van der Waals surface area (Å²) >= 11 is 3.37. The van der Waals surface area contributed by atoms with Crippen LogP contribution in [0.2, 0.25) is 0 Å². The van der Waals surface area contributed by atoms with Crippen LogP contribution in [0.25, 0.3) is 0 Å². The van der Waals surface area contributed by atoms with Gasteiger partial charge in [-0.25, -0.2) is 8.42 Å². The smallest absolute Gasteiger partial charge is 0.243 e. The van der Waals surface area contributed by atoms with Crippen molar-refractivity contribution in [3.05, 3.63) is 64.1 Å². The Hall–Kier alpha value is -1.21. The number of sulfonamides is 1. The van der Waals surface area contributed by atoms with Crippen molar-refractivity contribution in [2.24, 2.45) is 0 Å². The first-order chi connectivity index (χ1) is 11.5. The number of hydrogen-bond donors (Lipinski definition) is 0. The van der Waals surface area contributed by atoms with Crippen molar-refractivity contribution < 1.29 is 13.2 Å². The highest BCUT2D eigenvalue weighted by atomic mass is 79.9. The van der Waals surface area contributed by atoms with Crippen LogP contribution in [0.4, 0.5) is 0 Å². The van der Waals surface area contributed by atoms with Crippen LogP contribution in [-0.2, 0) is 14.8 Å². The summed E-state index contributed by atoms with van der Waals surface area (Å²) in [6.07, 6.45) is 0.450. The molecular weight excluding hydrogens is 390 g/mol. The van der Waals surface area contributed by atoms with E-state index in [9.17, 15) is 8.42 Å². The van der Waals surface area contributed by atoms with Gasteiger partial charge in [-0.1, -0.05) is 52.3 Å². The number of hydrogen-bond acceptors (Lipinski definition) is 3. The first-order valence-electron chi connectivity index (χ1n) is 7.91. The Balaban J connectivity index is 1.93. The maximum atomic E-state index is 13.1. The van der Waals surface area contributed by atoms with Crippen molar-refractivity contribution in [3.63, 3.8) is 0 Å². The zero-order valence-corrected chi connectivity index (χ0v) is 15.9. The van der Waals surface area contributed by atoms with Crippen LogP contribution in [-0.4, -0.2) is 32.4 Å². The predicted molar refractivity (Wildman–Crippen MR) is 97.4 cm³/mol. The number of halogens is 1. The number of rotatable bonds is 3. The number of benzene rings is 2. The summed E-state index contributed by atoms with van der Waals surface area (Å²) in [4.78, 5) is 0.352. The van der Waals surface area contributed by atoms with Gasteiger partial charge in [0.1, 0.15) is 0 Å². The fraction of sp³-hybridized carbons (Fsp3) is 0.333. The molecule has 0 N–H and O–H groups in total. The third kappa shape index (κ3) is 3.72. The van der Waals surface area contributed by atoms with Crippen LogP contribution in [0.3, 0.4) is 0 Å². The van der Waals surface area contributed by atoms with Gasteiger partial charge in [-0.3, -0.25) is 0 Å². The SMILES string of the molecule is Cc1ccc(Br)cc1S(=O)(=O)N1CCCOC(c2ccccc2)C1. The van der Waals surface area contributed by atoms with Gasteiger partial charge in [-0.05, 0) is 36.6 Å². The molecule has 6 heteroatoms. The Morgan fingerprint density at radius 3 is 2.67 bits per heavy atom. The van der Waals surface area contributed by atoms with Crippen molar-refractivity contribution in [1.82, 2.24) is 4.31 Å². The van der Waals surface area contributed by atoms with Gasteiger partial charge in [0.2, 0.25) is 10.0 Å². The van der Waals surface area contributed by atoms with Crippen LogP contribution in [0.5, 0.6) is 0 Å². The molecule has 0 amide bonds. The third-order valence-corrected chi connectivity index (χ3v) is 6.68. The molecule has 2 aromatic rings. The second kappa shape index (κ2) is 7.35. The van der Waals surface area contributed by atoms with Crippen LogP contribution in [0.1, 0.15) is 23.7 Å². The predicted octanol–water partition coefficient (Wildman–Crippen LogP) is 3.91. The lowest BCUT2D eigenvalue weighted by molar-refractivity contribution is 0.0613. The Morgan fingerprint density at radius 1 is 1.17 bits per heavy atom.